The van der Waals surface area contributed by atoms with Gasteiger partial charge in [0.1, 0.15) is 0 Å². The Morgan fingerprint density at radius 1 is 1.43 bits per heavy atom. The molecule has 1 saturated carbocycles. The molecule has 1 N–H and O–H groups in total. The summed E-state index contributed by atoms with van der Waals surface area (Å²) in [6.45, 7) is 0.881. The van der Waals surface area contributed by atoms with E-state index < -0.39 is 0 Å². The van der Waals surface area contributed by atoms with Gasteiger partial charge in [-0.15, -0.1) is 0 Å². The minimum atomic E-state index is 0.712. The molecule has 0 aliphatic heterocycles. The van der Waals surface area contributed by atoms with Crippen molar-refractivity contribution in [2.75, 3.05) is 0 Å². The Hall–Kier alpha value is -0.410. The summed E-state index contributed by atoms with van der Waals surface area (Å²) < 4.78 is 1.10. The molecule has 14 heavy (non-hydrogen) atoms. The molecule has 0 bridgehead atoms. The lowest BCUT2D eigenvalue weighted by Gasteiger charge is -2.11. The largest absolute Gasteiger partial charge is 0.308 e. The van der Waals surface area contributed by atoms with Crippen LogP contribution in [0.1, 0.15) is 31.4 Å². The molecular formula is C11H15BrN2. The molecule has 76 valence electrons. The van der Waals surface area contributed by atoms with Crippen molar-refractivity contribution in [3.8, 4) is 0 Å². The van der Waals surface area contributed by atoms with Crippen molar-refractivity contribution in [1.29, 1.82) is 0 Å². The van der Waals surface area contributed by atoms with E-state index in [0.717, 1.165) is 16.7 Å². The summed E-state index contributed by atoms with van der Waals surface area (Å²) in [4.78, 5) is 4.33. The molecule has 0 unspecified atom stereocenters. The molecule has 3 heteroatoms. The van der Waals surface area contributed by atoms with Crippen LogP contribution in [0.3, 0.4) is 0 Å². The summed E-state index contributed by atoms with van der Waals surface area (Å²) in [7, 11) is 0. The molecule has 0 aromatic carbocycles. The van der Waals surface area contributed by atoms with Gasteiger partial charge in [-0.1, -0.05) is 12.8 Å². The van der Waals surface area contributed by atoms with Gasteiger partial charge in [0, 0.05) is 23.3 Å². The van der Waals surface area contributed by atoms with Gasteiger partial charge in [-0.25, -0.2) is 0 Å². The third-order valence-electron chi connectivity index (χ3n) is 2.75. The lowest BCUT2D eigenvalue weighted by atomic mass is 10.2. The fourth-order valence-corrected chi connectivity index (χ4v) is 2.31. The first kappa shape index (κ1) is 10.1. The monoisotopic (exact) mass is 254 g/mol. The van der Waals surface area contributed by atoms with E-state index >= 15 is 0 Å². The highest BCUT2D eigenvalue weighted by Gasteiger charge is 2.14. The zero-order valence-corrected chi connectivity index (χ0v) is 9.76. The molecule has 1 aliphatic rings. The minimum Gasteiger partial charge on any atom is -0.308 e. The van der Waals surface area contributed by atoms with E-state index in [4.69, 9.17) is 0 Å². The molecule has 0 spiro atoms. The Balaban J connectivity index is 1.88. The van der Waals surface area contributed by atoms with E-state index in [1.807, 2.05) is 18.3 Å². The van der Waals surface area contributed by atoms with Crippen LogP contribution in [0, 0.1) is 0 Å². The first-order valence-electron chi connectivity index (χ1n) is 5.19. The van der Waals surface area contributed by atoms with Crippen LogP contribution in [-0.2, 0) is 6.54 Å². The number of hydrogen-bond donors (Lipinski definition) is 1. The molecule has 0 atom stereocenters. The van der Waals surface area contributed by atoms with Crippen molar-refractivity contribution < 1.29 is 0 Å². The van der Waals surface area contributed by atoms with Crippen LogP contribution in [0.4, 0.5) is 0 Å². The van der Waals surface area contributed by atoms with Crippen LogP contribution >= 0.6 is 15.9 Å². The van der Waals surface area contributed by atoms with E-state index in [0.29, 0.717) is 6.04 Å². The van der Waals surface area contributed by atoms with Crippen molar-refractivity contribution in [2.24, 2.45) is 0 Å². The third kappa shape index (κ3) is 2.55. The number of halogens is 1. The summed E-state index contributed by atoms with van der Waals surface area (Å²) >= 11 is 3.50. The second-order valence-corrected chi connectivity index (χ2v) is 4.65. The third-order valence-corrected chi connectivity index (χ3v) is 3.47. The Morgan fingerprint density at radius 3 is 2.93 bits per heavy atom. The van der Waals surface area contributed by atoms with Crippen LogP contribution in [0.2, 0.25) is 0 Å². The Kier molecular flexibility index (Phi) is 3.54. The Morgan fingerprint density at radius 2 is 2.21 bits per heavy atom. The van der Waals surface area contributed by atoms with Crippen LogP contribution in [-0.4, -0.2) is 11.0 Å². The van der Waals surface area contributed by atoms with Crippen molar-refractivity contribution >= 4 is 15.9 Å². The molecule has 0 amide bonds. The van der Waals surface area contributed by atoms with E-state index in [1.54, 1.807) is 0 Å². The van der Waals surface area contributed by atoms with Crippen LogP contribution in [0.25, 0.3) is 0 Å². The molecular weight excluding hydrogens is 240 g/mol. The lowest BCUT2D eigenvalue weighted by molar-refractivity contribution is 0.518. The van der Waals surface area contributed by atoms with Gasteiger partial charge in [0.25, 0.3) is 0 Å². The smallest absolute Gasteiger partial charge is 0.0683 e. The van der Waals surface area contributed by atoms with Gasteiger partial charge in [-0.3, -0.25) is 4.98 Å². The maximum atomic E-state index is 4.33. The van der Waals surface area contributed by atoms with E-state index in [2.05, 4.69) is 26.2 Å². The zero-order valence-electron chi connectivity index (χ0n) is 8.17. The zero-order chi connectivity index (χ0) is 9.80. The number of nitrogens with zero attached hydrogens (tertiary/aromatic N) is 1. The SMILES string of the molecule is Brc1cccnc1CNC1CCCC1. The molecule has 1 aromatic heterocycles. The summed E-state index contributed by atoms with van der Waals surface area (Å²) in [5.41, 5.74) is 1.11. The highest BCUT2D eigenvalue weighted by atomic mass is 79.9. The maximum Gasteiger partial charge on any atom is 0.0683 e. The van der Waals surface area contributed by atoms with Crippen LogP contribution in [0.5, 0.6) is 0 Å². The van der Waals surface area contributed by atoms with Gasteiger partial charge >= 0.3 is 0 Å². The highest BCUT2D eigenvalue weighted by Crippen LogP contribution is 2.19. The van der Waals surface area contributed by atoms with Gasteiger partial charge in [0.05, 0.1) is 5.69 Å². The summed E-state index contributed by atoms with van der Waals surface area (Å²) in [6.07, 6.45) is 7.24. The van der Waals surface area contributed by atoms with Gasteiger partial charge in [0.2, 0.25) is 0 Å². The van der Waals surface area contributed by atoms with Gasteiger partial charge < -0.3 is 5.32 Å². The van der Waals surface area contributed by atoms with Gasteiger partial charge in [-0.2, -0.15) is 0 Å². The summed E-state index contributed by atoms with van der Waals surface area (Å²) in [6, 6.07) is 4.70. The molecule has 2 nitrogen and oxygen atoms in total. The van der Waals surface area contributed by atoms with Crippen molar-refractivity contribution in [3.63, 3.8) is 0 Å². The average Bonchev–Trinajstić information content (AvgIpc) is 2.69. The van der Waals surface area contributed by atoms with Gasteiger partial charge in [-0.05, 0) is 40.9 Å². The lowest BCUT2D eigenvalue weighted by Crippen LogP contribution is -2.25. The minimum absolute atomic E-state index is 0.712. The Labute approximate surface area is 93.3 Å². The number of nitrogens with one attached hydrogen (secondary N) is 1. The molecule has 1 aromatic rings. The Bertz CT molecular complexity index is 295. The number of hydrogen-bond acceptors (Lipinski definition) is 2. The normalized spacial score (nSPS) is 17.5. The summed E-state index contributed by atoms with van der Waals surface area (Å²) in [5, 5.41) is 3.55. The second-order valence-electron chi connectivity index (χ2n) is 3.79. The standard InChI is InChI=1S/C11H15BrN2/c12-10-6-3-7-13-11(10)8-14-9-4-1-2-5-9/h3,6-7,9,14H,1-2,4-5,8H2. The second kappa shape index (κ2) is 4.89. The topological polar surface area (TPSA) is 24.9 Å². The number of pyridine rings is 1. The van der Waals surface area contributed by atoms with E-state index in [1.165, 1.54) is 25.7 Å². The number of aromatic nitrogens is 1. The van der Waals surface area contributed by atoms with Crippen molar-refractivity contribution in [3.05, 3.63) is 28.5 Å². The predicted molar refractivity (Wildman–Crippen MR) is 61.0 cm³/mol. The first-order chi connectivity index (χ1) is 6.86. The number of rotatable bonds is 3. The fourth-order valence-electron chi connectivity index (χ4n) is 1.92. The average molecular weight is 255 g/mol. The highest BCUT2D eigenvalue weighted by molar-refractivity contribution is 9.10. The molecule has 0 radical (unpaired) electrons. The molecule has 1 fully saturated rings. The van der Waals surface area contributed by atoms with Crippen LogP contribution < -0.4 is 5.32 Å². The maximum absolute atomic E-state index is 4.33. The quantitative estimate of drug-likeness (QED) is 0.898. The summed E-state index contributed by atoms with van der Waals surface area (Å²) in [5.74, 6) is 0. The van der Waals surface area contributed by atoms with E-state index in [-0.39, 0.29) is 0 Å². The molecule has 1 aliphatic carbocycles. The molecule has 2 rings (SSSR count). The van der Waals surface area contributed by atoms with Crippen molar-refractivity contribution in [1.82, 2.24) is 10.3 Å². The molecule has 0 saturated heterocycles. The first-order valence-corrected chi connectivity index (χ1v) is 5.98. The molecule has 1 heterocycles. The predicted octanol–water partition coefficient (Wildman–Crippen LogP) is 2.88. The van der Waals surface area contributed by atoms with Gasteiger partial charge in [0.15, 0.2) is 0 Å². The fraction of sp³-hybridized carbons (Fsp3) is 0.545. The van der Waals surface area contributed by atoms with Crippen molar-refractivity contribution in [2.45, 2.75) is 38.3 Å². The van der Waals surface area contributed by atoms with Crippen LogP contribution in [0.15, 0.2) is 22.8 Å². The van der Waals surface area contributed by atoms with E-state index in [9.17, 15) is 0 Å².